The molecule has 0 fully saturated rings. The number of rotatable bonds is 2. The van der Waals surface area contributed by atoms with Crippen molar-refractivity contribution in [2.45, 2.75) is 13.0 Å². The summed E-state index contributed by atoms with van der Waals surface area (Å²) in [6.07, 6.45) is -4.88. The fourth-order valence-electron chi connectivity index (χ4n) is 1.03. The lowest BCUT2D eigenvalue weighted by Gasteiger charge is -2.12. The molecular weight excluding hydrogens is 211 g/mol. The highest BCUT2D eigenvalue weighted by Gasteiger charge is 2.33. The van der Waals surface area contributed by atoms with Crippen molar-refractivity contribution in [2.75, 3.05) is 0 Å². The molecule has 0 saturated carbocycles. The second-order valence-electron chi connectivity index (χ2n) is 2.61. The van der Waals surface area contributed by atoms with E-state index in [9.17, 15) is 13.2 Å². The number of hydrogen-bond acceptors (Lipinski definition) is 3. The lowest BCUT2D eigenvalue weighted by Crippen LogP contribution is -2.19. The summed E-state index contributed by atoms with van der Waals surface area (Å²) in [5, 5.41) is 17.3. The maximum Gasteiger partial charge on any atom is 0.573 e. The molecule has 15 heavy (non-hydrogen) atoms. The minimum Gasteiger partial charge on any atom is -0.404 e. The Morgan fingerprint density at radius 1 is 1.40 bits per heavy atom. The molecule has 3 nitrogen and oxygen atoms in total. The van der Waals surface area contributed by atoms with Crippen molar-refractivity contribution < 1.29 is 23.0 Å². The van der Waals surface area contributed by atoms with Crippen LogP contribution in [0.5, 0.6) is 5.75 Å². The molecule has 0 aromatic heterocycles. The van der Waals surface area contributed by atoms with Gasteiger partial charge in [-0.15, -0.1) is 13.2 Å². The number of benzene rings is 1. The fourth-order valence-corrected chi connectivity index (χ4v) is 1.03. The van der Waals surface area contributed by atoms with Crippen molar-refractivity contribution in [1.29, 1.82) is 5.26 Å². The van der Waals surface area contributed by atoms with Gasteiger partial charge in [0.1, 0.15) is 6.07 Å². The van der Waals surface area contributed by atoms with Crippen molar-refractivity contribution in [3.05, 3.63) is 29.3 Å². The first kappa shape index (κ1) is 11.3. The molecule has 0 spiro atoms. The molecule has 0 aliphatic carbocycles. The van der Waals surface area contributed by atoms with Crippen molar-refractivity contribution in [2.24, 2.45) is 0 Å². The molecule has 0 aliphatic heterocycles. The SMILES string of the molecule is N#Cc1cccc(CO)c1OC(F)(F)F. The Kier molecular flexibility index (Phi) is 3.17. The number of ether oxygens (including phenoxy) is 1. The molecule has 0 atom stereocenters. The minimum atomic E-state index is -4.88. The molecule has 0 bridgehead atoms. The van der Waals surface area contributed by atoms with Crippen LogP contribution in [-0.4, -0.2) is 11.5 Å². The first-order chi connectivity index (χ1) is 6.98. The zero-order valence-corrected chi connectivity index (χ0v) is 7.38. The number of halogens is 3. The molecule has 0 aliphatic rings. The molecule has 0 unspecified atom stereocenters. The predicted molar refractivity (Wildman–Crippen MR) is 43.8 cm³/mol. The summed E-state index contributed by atoms with van der Waals surface area (Å²) < 4.78 is 39.5. The number of nitrogens with zero attached hydrogens (tertiary/aromatic N) is 1. The van der Waals surface area contributed by atoms with E-state index in [0.29, 0.717) is 0 Å². The van der Waals surface area contributed by atoms with Crippen LogP contribution < -0.4 is 4.74 Å². The van der Waals surface area contributed by atoms with Crippen LogP contribution in [0.4, 0.5) is 13.2 Å². The van der Waals surface area contributed by atoms with E-state index in [0.717, 1.165) is 0 Å². The molecule has 0 radical (unpaired) electrons. The highest BCUT2D eigenvalue weighted by molar-refractivity contribution is 5.48. The molecule has 1 rings (SSSR count). The zero-order valence-electron chi connectivity index (χ0n) is 7.38. The van der Waals surface area contributed by atoms with Crippen LogP contribution in [0.2, 0.25) is 0 Å². The Morgan fingerprint density at radius 2 is 2.07 bits per heavy atom. The third-order valence-electron chi connectivity index (χ3n) is 1.61. The van der Waals surface area contributed by atoms with Gasteiger partial charge < -0.3 is 9.84 Å². The Bertz CT molecular complexity index is 395. The molecule has 0 amide bonds. The topological polar surface area (TPSA) is 53.2 Å². The molecule has 0 saturated heterocycles. The van der Waals surface area contributed by atoms with E-state index >= 15 is 0 Å². The maximum atomic E-state index is 12.0. The fraction of sp³-hybridized carbons (Fsp3) is 0.222. The molecule has 1 N–H and O–H groups in total. The number of hydrogen-bond donors (Lipinski definition) is 1. The van der Waals surface area contributed by atoms with Gasteiger partial charge in [0.25, 0.3) is 0 Å². The summed E-state index contributed by atoms with van der Waals surface area (Å²) in [6.45, 7) is -0.624. The van der Waals surface area contributed by atoms with E-state index in [2.05, 4.69) is 4.74 Å². The highest BCUT2D eigenvalue weighted by Crippen LogP contribution is 2.29. The molecular formula is C9H6F3NO2. The highest BCUT2D eigenvalue weighted by atomic mass is 19.4. The van der Waals surface area contributed by atoms with E-state index in [1.54, 1.807) is 6.07 Å². The van der Waals surface area contributed by atoms with E-state index in [1.807, 2.05) is 0 Å². The van der Waals surface area contributed by atoms with Crippen molar-refractivity contribution in [3.63, 3.8) is 0 Å². The summed E-state index contributed by atoms with van der Waals surface area (Å²) >= 11 is 0. The van der Waals surface area contributed by atoms with Gasteiger partial charge in [-0.3, -0.25) is 0 Å². The molecule has 80 valence electrons. The Hall–Kier alpha value is -1.74. The van der Waals surface area contributed by atoms with Crippen LogP contribution in [0.15, 0.2) is 18.2 Å². The van der Waals surface area contributed by atoms with Crippen molar-refractivity contribution in [1.82, 2.24) is 0 Å². The van der Waals surface area contributed by atoms with Gasteiger partial charge in [-0.2, -0.15) is 5.26 Å². The van der Waals surface area contributed by atoms with E-state index in [1.165, 1.54) is 18.2 Å². The van der Waals surface area contributed by atoms with Gasteiger partial charge in [0.15, 0.2) is 5.75 Å². The van der Waals surface area contributed by atoms with Gasteiger partial charge in [-0.1, -0.05) is 12.1 Å². The van der Waals surface area contributed by atoms with Crippen LogP contribution in [0.3, 0.4) is 0 Å². The number of nitriles is 1. The summed E-state index contributed by atoms with van der Waals surface area (Å²) in [7, 11) is 0. The van der Waals surface area contributed by atoms with Gasteiger partial charge in [0.05, 0.1) is 12.2 Å². The third-order valence-corrected chi connectivity index (χ3v) is 1.61. The molecule has 1 aromatic carbocycles. The normalized spacial score (nSPS) is 10.9. The first-order valence-electron chi connectivity index (χ1n) is 3.86. The van der Waals surface area contributed by atoms with E-state index < -0.39 is 18.7 Å². The lowest BCUT2D eigenvalue weighted by molar-refractivity contribution is -0.275. The Balaban J connectivity index is 3.18. The average molecular weight is 217 g/mol. The van der Waals surface area contributed by atoms with E-state index in [4.69, 9.17) is 10.4 Å². The van der Waals surface area contributed by atoms with Gasteiger partial charge in [-0.25, -0.2) is 0 Å². The minimum absolute atomic E-state index is 0.0774. The number of para-hydroxylation sites is 1. The Morgan fingerprint density at radius 3 is 2.53 bits per heavy atom. The second kappa shape index (κ2) is 4.19. The van der Waals surface area contributed by atoms with Gasteiger partial charge in [0.2, 0.25) is 0 Å². The quantitative estimate of drug-likeness (QED) is 0.823. The van der Waals surface area contributed by atoms with Gasteiger partial charge in [-0.05, 0) is 6.07 Å². The van der Waals surface area contributed by atoms with Crippen LogP contribution in [0.25, 0.3) is 0 Å². The Labute approximate surface area is 83.3 Å². The molecule has 0 heterocycles. The van der Waals surface area contributed by atoms with Gasteiger partial charge >= 0.3 is 6.36 Å². The smallest absolute Gasteiger partial charge is 0.404 e. The summed E-state index contributed by atoms with van der Waals surface area (Å²) in [4.78, 5) is 0. The number of alkyl halides is 3. The second-order valence-corrected chi connectivity index (χ2v) is 2.61. The largest absolute Gasteiger partial charge is 0.573 e. The first-order valence-corrected chi connectivity index (χ1v) is 3.86. The predicted octanol–water partition coefficient (Wildman–Crippen LogP) is 1.95. The number of aliphatic hydroxyl groups is 1. The number of aliphatic hydroxyl groups excluding tert-OH is 1. The van der Waals surface area contributed by atoms with Crippen molar-refractivity contribution in [3.8, 4) is 11.8 Å². The van der Waals surface area contributed by atoms with Gasteiger partial charge in [0, 0.05) is 5.56 Å². The molecule has 6 heteroatoms. The maximum absolute atomic E-state index is 12.0. The van der Waals surface area contributed by atoms with Crippen LogP contribution in [0, 0.1) is 11.3 Å². The standard InChI is InChI=1S/C9H6F3NO2/c10-9(11,12)15-8-6(4-13)2-1-3-7(8)5-14/h1-3,14H,5H2. The summed E-state index contributed by atoms with van der Waals surface area (Å²) in [5.74, 6) is -0.644. The molecule has 1 aromatic rings. The van der Waals surface area contributed by atoms with E-state index in [-0.39, 0.29) is 11.1 Å². The third kappa shape index (κ3) is 2.86. The zero-order chi connectivity index (χ0) is 11.5. The monoisotopic (exact) mass is 217 g/mol. The average Bonchev–Trinajstić information content (AvgIpc) is 2.16. The van der Waals surface area contributed by atoms with Crippen LogP contribution >= 0.6 is 0 Å². The summed E-state index contributed by atoms with van der Waals surface area (Å²) in [6, 6.07) is 5.36. The van der Waals surface area contributed by atoms with Crippen LogP contribution in [-0.2, 0) is 6.61 Å². The lowest BCUT2D eigenvalue weighted by atomic mass is 10.1. The van der Waals surface area contributed by atoms with Crippen molar-refractivity contribution >= 4 is 0 Å². The van der Waals surface area contributed by atoms with Crippen LogP contribution in [0.1, 0.15) is 11.1 Å². The summed E-state index contributed by atoms with van der Waals surface area (Å²) in [5.41, 5.74) is -0.342.